The third-order valence-electron chi connectivity index (χ3n) is 3.55. The van der Waals surface area contributed by atoms with Crippen molar-refractivity contribution in [2.75, 3.05) is 7.11 Å². The van der Waals surface area contributed by atoms with E-state index < -0.39 is 18.2 Å². The number of carbonyl (C=O) groups is 2. The summed E-state index contributed by atoms with van der Waals surface area (Å²) in [6.07, 6.45) is -0.816. The van der Waals surface area contributed by atoms with E-state index in [0.29, 0.717) is 18.6 Å². The third kappa shape index (κ3) is 3.52. The number of methoxy groups -OCH3 is 1. The predicted molar refractivity (Wildman–Crippen MR) is 75.1 cm³/mol. The zero-order valence-corrected chi connectivity index (χ0v) is 12.0. The molecule has 1 heterocycles. The van der Waals surface area contributed by atoms with E-state index in [4.69, 9.17) is 14.6 Å². The Morgan fingerprint density at radius 2 is 2.00 bits per heavy atom. The molecule has 0 bridgehead atoms. The molecule has 1 aliphatic heterocycles. The van der Waals surface area contributed by atoms with Gasteiger partial charge in [0.1, 0.15) is 11.9 Å². The number of carbonyl (C=O) groups excluding carboxylic acids is 1. The Hall–Kier alpha value is -2.08. The average Bonchev–Trinajstić information content (AvgIpc) is 2.97. The molecule has 114 valence electrons. The Kier molecular flexibility index (Phi) is 4.80. The number of benzene rings is 1. The molecule has 6 nitrogen and oxygen atoms in total. The normalized spacial score (nSPS) is 22.6. The second-order valence-electron chi connectivity index (χ2n) is 5.00. The van der Waals surface area contributed by atoms with Crippen molar-refractivity contribution in [3.63, 3.8) is 0 Å². The zero-order chi connectivity index (χ0) is 15.4. The number of carboxylic acid groups (broad SMARTS) is 1. The maximum absolute atomic E-state index is 12.1. The zero-order valence-electron chi connectivity index (χ0n) is 12.0. The van der Waals surface area contributed by atoms with E-state index in [1.807, 2.05) is 31.2 Å². The minimum absolute atomic E-state index is 0.249. The lowest BCUT2D eigenvalue weighted by molar-refractivity contribution is -0.151. The van der Waals surface area contributed by atoms with E-state index in [2.05, 4.69) is 5.32 Å². The molecule has 6 heteroatoms. The number of rotatable bonds is 5. The van der Waals surface area contributed by atoms with Gasteiger partial charge in [0.25, 0.3) is 0 Å². The van der Waals surface area contributed by atoms with Gasteiger partial charge in [-0.3, -0.25) is 4.79 Å². The lowest BCUT2D eigenvalue weighted by Crippen LogP contribution is -2.37. The predicted octanol–water partition coefficient (Wildman–Crippen LogP) is 1.50. The maximum Gasteiger partial charge on any atom is 0.332 e. The summed E-state index contributed by atoms with van der Waals surface area (Å²) in [5, 5.41) is 11.7. The highest BCUT2D eigenvalue weighted by atomic mass is 16.5. The van der Waals surface area contributed by atoms with Gasteiger partial charge in [-0.25, -0.2) is 4.79 Å². The molecule has 0 saturated carbocycles. The van der Waals surface area contributed by atoms with Crippen molar-refractivity contribution in [1.82, 2.24) is 5.32 Å². The SMILES string of the molecule is COc1ccccc1[C@@H](C)NC(=O)C1CCC(C(=O)O)O1. The first-order chi connectivity index (χ1) is 10.0. The van der Waals surface area contributed by atoms with Gasteiger partial charge in [-0.2, -0.15) is 0 Å². The number of nitrogens with one attached hydrogen (secondary N) is 1. The van der Waals surface area contributed by atoms with Gasteiger partial charge in [0.2, 0.25) is 5.91 Å². The van der Waals surface area contributed by atoms with Crippen molar-refractivity contribution in [2.24, 2.45) is 0 Å². The first-order valence-corrected chi connectivity index (χ1v) is 6.84. The van der Waals surface area contributed by atoms with Gasteiger partial charge >= 0.3 is 5.97 Å². The third-order valence-corrected chi connectivity index (χ3v) is 3.55. The van der Waals surface area contributed by atoms with Crippen LogP contribution in [0.25, 0.3) is 0 Å². The number of hydrogen-bond donors (Lipinski definition) is 2. The number of ether oxygens (including phenoxy) is 2. The molecule has 1 aliphatic rings. The van der Waals surface area contributed by atoms with Crippen LogP contribution >= 0.6 is 0 Å². The van der Waals surface area contributed by atoms with E-state index >= 15 is 0 Å². The number of amides is 1. The topological polar surface area (TPSA) is 84.9 Å². The van der Waals surface area contributed by atoms with Crippen molar-refractivity contribution in [3.05, 3.63) is 29.8 Å². The van der Waals surface area contributed by atoms with Crippen molar-refractivity contribution in [2.45, 2.75) is 38.0 Å². The van der Waals surface area contributed by atoms with Crippen LogP contribution < -0.4 is 10.1 Å². The molecule has 1 aromatic carbocycles. The highest BCUT2D eigenvalue weighted by Gasteiger charge is 2.35. The van der Waals surface area contributed by atoms with Crippen molar-refractivity contribution < 1.29 is 24.2 Å². The van der Waals surface area contributed by atoms with Crippen LogP contribution in [0.15, 0.2) is 24.3 Å². The van der Waals surface area contributed by atoms with Gasteiger partial charge in [0, 0.05) is 5.56 Å². The molecular formula is C15H19NO5. The van der Waals surface area contributed by atoms with Crippen LogP contribution in [0.5, 0.6) is 5.75 Å². The van der Waals surface area contributed by atoms with Gasteiger partial charge in [-0.15, -0.1) is 0 Å². The molecule has 0 spiro atoms. The van der Waals surface area contributed by atoms with E-state index in [-0.39, 0.29) is 11.9 Å². The summed E-state index contributed by atoms with van der Waals surface area (Å²) < 4.78 is 10.5. The molecule has 1 fully saturated rings. The number of hydrogen-bond acceptors (Lipinski definition) is 4. The Morgan fingerprint density at radius 3 is 2.62 bits per heavy atom. The van der Waals surface area contributed by atoms with Gasteiger partial charge in [0.05, 0.1) is 13.2 Å². The molecular weight excluding hydrogens is 274 g/mol. The van der Waals surface area contributed by atoms with Crippen molar-refractivity contribution >= 4 is 11.9 Å². The second kappa shape index (κ2) is 6.58. The molecule has 0 aromatic heterocycles. The highest BCUT2D eigenvalue weighted by molar-refractivity contribution is 5.83. The fourth-order valence-corrected chi connectivity index (χ4v) is 2.42. The van der Waals surface area contributed by atoms with Crippen molar-refractivity contribution in [3.8, 4) is 5.75 Å². The van der Waals surface area contributed by atoms with Crippen LogP contribution in [-0.2, 0) is 14.3 Å². The summed E-state index contributed by atoms with van der Waals surface area (Å²) in [7, 11) is 1.57. The summed E-state index contributed by atoms with van der Waals surface area (Å²) in [5.41, 5.74) is 0.862. The Balaban J connectivity index is 1.98. The minimum atomic E-state index is -1.02. The Morgan fingerprint density at radius 1 is 1.33 bits per heavy atom. The molecule has 1 aromatic rings. The molecule has 1 saturated heterocycles. The second-order valence-corrected chi connectivity index (χ2v) is 5.00. The highest BCUT2D eigenvalue weighted by Crippen LogP contribution is 2.25. The van der Waals surface area contributed by atoms with Crippen LogP contribution in [0, 0.1) is 0 Å². The Labute approximate surface area is 123 Å². The lowest BCUT2D eigenvalue weighted by Gasteiger charge is -2.19. The lowest BCUT2D eigenvalue weighted by atomic mass is 10.1. The van der Waals surface area contributed by atoms with Crippen molar-refractivity contribution in [1.29, 1.82) is 0 Å². The molecule has 2 rings (SSSR count). The molecule has 3 atom stereocenters. The largest absolute Gasteiger partial charge is 0.496 e. The molecule has 0 radical (unpaired) electrons. The van der Waals surface area contributed by atoms with Gasteiger partial charge in [-0.1, -0.05) is 18.2 Å². The van der Waals surface area contributed by atoms with E-state index in [0.717, 1.165) is 5.56 Å². The Bertz CT molecular complexity index is 531. The molecule has 2 N–H and O–H groups in total. The van der Waals surface area contributed by atoms with Crippen LogP contribution in [-0.4, -0.2) is 36.3 Å². The molecule has 0 aliphatic carbocycles. The summed E-state index contributed by atoms with van der Waals surface area (Å²) in [6, 6.07) is 7.17. The summed E-state index contributed by atoms with van der Waals surface area (Å²) >= 11 is 0. The summed E-state index contributed by atoms with van der Waals surface area (Å²) in [5.74, 6) is -0.624. The molecule has 1 amide bonds. The standard InChI is InChI=1S/C15H19NO5/c1-9(10-5-3-4-6-11(10)20-2)16-14(17)12-7-8-13(21-12)15(18)19/h3-6,9,12-13H,7-8H2,1-2H3,(H,16,17)(H,18,19)/t9-,12?,13?/m1/s1. The maximum atomic E-state index is 12.1. The van der Waals surface area contributed by atoms with Crippen LogP contribution in [0.2, 0.25) is 0 Å². The van der Waals surface area contributed by atoms with Gasteiger partial charge in [0.15, 0.2) is 6.10 Å². The summed E-state index contributed by atoms with van der Waals surface area (Å²) in [6.45, 7) is 1.85. The quantitative estimate of drug-likeness (QED) is 0.859. The average molecular weight is 293 g/mol. The number of aliphatic carboxylic acids is 1. The van der Waals surface area contributed by atoms with Crippen LogP contribution in [0.4, 0.5) is 0 Å². The van der Waals surface area contributed by atoms with Crippen LogP contribution in [0.1, 0.15) is 31.4 Å². The summed E-state index contributed by atoms with van der Waals surface area (Å²) in [4.78, 5) is 23.0. The minimum Gasteiger partial charge on any atom is -0.496 e. The van der Waals surface area contributed by atoms with E-state index in [1.165, 1.54) is 0 Å². The van der Waals surface area contributed by atoms with E-state index in [1.54, 1.807) is 7.11 Å². The fourth-order valence-electron chi connectivity index (χ4n) is 2.42. The van der Waals surface area contributed by atoms with Gasteiger partial charge < -0.3 is 19.9 Å². The first kappa shape index (κ1) is 15.3. The fraction of sp³-hybridized carbons (Fsp3) is 0.467. The smallest absolute Gasteiger partial charge is 0.332 e. The monoisotopic (exact) mass is 293 g/mol. The first-order valence-electron chi connectivity index (χ1n) is 6.84. The number of para-hydroxylation sites is 1. The molecule has 2 unspecified atom stereocenters. The van der Waals surface area contributed by atoms with Crippen LogP contribution in [0.3, 0.4) is 0 Å². The van der Waals surface area contributed by atoms with E-state index in [9.17, 15) is 9.59 Å². The number of carboxylic acids is 1. The van der Waals surface area contributed by atoms with Gasteiger partial charge in [-0.05, 0) is 25.8 Å². The molecule has 21 heavy (non-hydrogen) atoms.